The average molecular weight is 520 g/mol. The molecule has 2 aliphatic heterocycles. The Morgan fingerprint density at radius 2 is 2.14 bits per heavy atom. The van der Waals surface area contributed by atoms with Crippen molar-refractivity contribution in [2.75, 3.05) is 52.6 Å². The molecule has 2 heterocycles. The number of nitrogens with zero attached hydrogens (tertiary/aromatic N) is 3. The van der Waals surface area contributed by atoms with E-state index in [2.05, 4.69) is 33.4 Å². The summed E-state index contributed by atoms with van der Waals surface area (Å²) in [6, 6.07) is 8.12. The zero-order chi connectivity index (χ0) is 19.3. The average Bonchev–Trinajstić information content (AvgIpc) is 3.03. The Morgan fingerprint density at radius 1 is 1.32 bits per heavy atom. The van der Waals surface area contributed by atoms with Gasteiger partial charge in [-0.3, -0.25) is 4.99 Å². The number of guanidine groups is 1. The fourth-order valence-corrected chi connectivity index (χ4v) is 5.04. The van der Waals surface area contributed by atoms with E-state index in [0.29, 0.717) is 19.6 Å². The molecule has 28 heavy (non-hydrogen) atoms. The van der Waals surface area contributed by atoms with E-state index in [1.807, 2.05) is 12.1 Å². The first kappa shape index (κ1) is 23.0. The van der Waals surface area contributed by atoms with Gasteiger partial charge >= 0.3 is 0 Å². The minimum atomic E-state index is -3.04. The van der Waals surface area contributed by atoms with Crippen molar-refractivity contribution in [3.05, 3.63) is 35.9 Å². The van der Waals surface area contributed by atoms with Gasteiger partial charge in [-0.15, -0.1) is 24.0 Å². The van der Waals surface area contributed by atoms with Crippen LogP contribution >= 0.6 is 24.0 Å². The molecule has 1 aromatic carbocycles. The second-order valence-corrected chi connectivity index (χ2v) is 8.79. The fourth-order valence-electron chi connectivity index (χ4n) is 3.51. The van der Waals surface area contributed by atoms with E-state index in [9.17, 15) is 8.42 Å². The number of aliphatic imine (C=N–C) groups is 1. The van der Waals surface area contributed by atoms with Gasteiger partial charge in [0.15, 0.2) is 5.96 Å². The molecule has 0 atom stereocenters. The van der Waals surface area contributed by atoms with Gasteiger partial charge in [0.25, 0.3) is 0 Å². The molecule has 1 saturated heterocycles. The van der Waals surface area contributed by atoms with Crippen molar-refractivity contribution >= 4 is 45.5 Å². The smallest absolute Gasteiger partial charge is 0.214 e. The summed E-state index contributed by atoms with van der Waals surface area (Å²) in [5.41, 5.74) is 2.50. The molecule has 1 fully saturated rings. The predicted octanol–water partition coefficient (Wildman–Crippen LogP) is 2.01. The molecule has 2 aliphatic rings. The molecule has 0 unspecified atom stereocenters. The minimum Gasteiger partial charge on any atom is -0.497 e. The molecule has 0 radical (unpaired) electrons. The Bertz CT molecular complexity index is 826. The Morgan fingerprint density at radius 3 is 2.75 bits per heavy atom. The van der Waals surface area contributed by atoms with Gasteiger partial charge in [-0.25, -0.2) is 12.7 Å². The second-order valence-electron chi connectivity index (χ2n) is 6.70. The van der Waals surface area contributed by atoms with Crippen LogP contribution in [0, 0.1) is 0 Å². The highest BCUT2D eigenvalue weighted by molar-refractivity contribution is 14.0. The van der Waals surface area contributed by atoms with Gasteiger partial charge in [-0.1, -0.05) is 18.2 Å². The summed E-state index contributed by atoms with van der Waals surface area (Å²) in [7, 11) is 0.400. The van der Waals surface area contributed by atoms with Gasteiger partial charge in [-0.2, -0.15) is 0 Å². The van der Waals surface area contributed by atoms with Crippen LogP contribution in [0.25, 0.3) is 5.57 Å². The van der Waals surface area contributed by atoms with Gasteiger partial charge in [0.2, 0.25) is 10.0 Å². The van der Waals surface area contributed by atoms with Crippen molar-refractivity contribution in [1.29, 1.82) is 0 Å². The van der Waals surface area contributed by atoms with Gasteiger partial charge in [0.1, 0.15) is 5.75 Å². The van der Waals surface area contributed by atoms with Crippen LogP contribution in [0.2, 0.25) is 0 Å². The third kappa shape index (κ3) is 5.60. The SMILES string of the molecule is CN=C(NCCN1CCCS1(=O)=O)N1CC=C(c2cccc(OC)c2)CC1.I. The molecule has 9 heteroatoms. The summed E-state index contributed by atoms with van der Waals surface area (Å²) in [5, 5.41) is 3.30. The van der Waals surface area contributed by atoms with Crippen LogP contribution in [0.4, 0.5) is 0 Å². The number of halogens is 1. The van der Waals surface area contributed by atoms with Gasteiger partial charge in [-0.05, 0) is 36.1 Å². The Hall–Kier alpha value is -1.33. The zero-order valence-electron chi connectivity index (χ0n) is 16.4. The first-order chi connectivity index (χ1) is 13.0. The topological polar surface area (TPSA) is 74.2 Å². The number of methoxy groups -OCH3 is 1. The molecule has 7 nitrogen and oxygen atoms in total. The summed E-state index contributed by atoms with van der Waals surface area (Å²) >= 11 is 0. The number of benzene rings is 1. The highest BCUT2D eigenvalue weighted by atomic mass is 127. The fraction of sp³-hybridized carbons (Fsp3) is 0.526. The van der Waals surface area contributed by atoms with E-state index < -0.39 is 10.0 Å². The first-order valence-electron chi connectivity index (χ1n) is 9.30. The van der Waals surface area contributed by atoms with Crippen LogP contribution < -0.4 is 10.1 Å². The van der Waals surface area contributed by atoms with E-state index in [1.165, 1.54) is 11.1 Å². The quantitative estimate of drug-likeness (QED) is 0.366. The maximum absolute atomic E-state index is 11.9. The van der Waals surface area contributed by atoms with Crippen LogP contribution in [0.3, 0.4) is 0 Å². The number of nitrogens with one attached hydrogen (secondary N) is 1. The lowest BCUT2D eigenvalue weighted by Crippen LogP contribution is -2.46. The normalized spacial score (nSPS) is 19.7. The number of hydrogen-bond acceptors (Lipinski definition) is 4. The van der Waals surface area contributed by atoms with Crippen molar-refractivity contribution in [2.45, 2.75) is 12.8 Å². The first-order valence-corrected chi connectivity index (χ1v) is 10.9. The highest BCUT2D eigenvalue weighted by Gasteiger charge is 2.27. The largest absolute Gasteiger partial charge is 0.497 e. The Kier molecular flexibility index (Phi) is 8.56. The minimum absolute atomic E-state index is 0. The van der Waals surface area contributed by atoms with E-state index in [-0.39, 0.29) is 29.7 Å². The molecule has 156 valence electrons. The van der Waals surface area contributed by atoms with E-state index >= 15 is 0 Å². The van der Waals surface area contributed by atoms with Gasteiger partial charge in [0, 0.05) is 39.8 Å². The maximum Gasteiger partial charge on any atom is 0.214 e. The lowest BCUT2D eigenvalue weighted by Gasteiger charge is -2.30. The molecule has 0 aromatic heterocycles. The lowest BCUT2D eigenvalue weighted by atomic mass is 9.99. The highest BCUT2D eigenvalue weighted by Crippen LogP contribution is 2.25. The monoisotopic (exact) mass is 520 g/mol. The number of sulfonamides is 1. The molecular weight excluding hydrogens is 491 g/mol. The standard InChI is InChI=1S/C19H28N4O3S.HI/c1-20-19(21-9-13-23-10-4-14-27(23,24)25)22-11-7-16(8-12-22)17-5-3-6-18(15-17)26-2;/h3,5-7,15H,4,8-14H2,1-2H3,(H,20,21);1H. The summed E-state index contributed by atoms with van der Waals surface area (Å²) in [5.74, 6) is 1.95. The number of hydrogen-bond donors (Lipinski definition) is 1. The van der Waals surface area contributed by atoms with Crippen molar-refractivity contribution < 1.29 is 13.2 Å². The molecule has 0 spiro atoms. The second kappa shape index (κ2) is 10.4. The summed E-state index contributed by atoms with van der Waals surface area (Å²) in [6.07, 6.45) is 3.87. The van der Waals surface area contributed by atoms with Crippen LogP contribution in [0.5, 0.6) is 5.75 Å². The molecule has 0 bridgehead atoms. The van der Waals surface area contributed by atoms with Crippen LogP contribution in [-0.2, 0) is 10.0 Å². The van der Waals surface area contributed by atoms with Crippen LogP contribution in [0.1, 0.15) is 18.4 Å². The number of rotatable bonds is 5. The van der Waals surface area contributed by atoms with Crippen LogP contribution in [-0.4, -0.2) is 76.2 Å². The lowest BCUT2D eigenvalue weighted by molar-refractivity contribution is 0.414. The molecular formula is C19H29IN4O3S. The predicted molar refractivity (Wildman–Crippen MR) is 124 cm³/mol. The molecule has 3 rings (SSSR count). The van der Waals surface area contributed by atoms with E-state index in [0.717, 1.165) is 37.6 Å². The van der Waals surface area contributed by atoms with E-state index in [4.69, 9.17) is 4.74 Å². The van der Waals surface area contributed by atoms with Crippen molar-refractivity contribution in [1.82, 2.24) is 14.5 Å². The van der Waals surface area contributed by atoms with E-state index in [1.54, 1.807) is 18.5 Å². The third-order valence-corrected chi connectivity index (χ3v) is 6.97. The van der Waals surface area contributed by atoms with Gasteiger partial charge < -0.3 is 15.0 Å². The Balaban J connectivity index is 0.00000280. The summed E-state index contributed by atoms with van der Waals surface area (Å²) in [6.45, 7) is 3.31. The Labute approximate surface area is 184 Å². The maximum atomic E-state index is 11.9. The van der Waals surface area contributed by atoms with Crippen molar-refractivity contribution in [3.8, 4) is 5.75 Å². The number of ether oxygens (including phenoxy) is 1. The van der Waals surface area contributed by atoms with Crippen LogP contribution in [0.15, 0.2) is 35.3 Å². The summed E-state index contributed by atoms with van der Waals surface area (Å²) in [4.78, 5) is 6.53. The molecule has 1 N–H and O–H groups in total. The molecule has 0 aliphatic carbocycles. The molecule has 0 amide bonds. The third-order valence-electron chi connectivity index (χ3n) is 5.01. The molecule has 1 aromatic rings. The van der Waals surface area contributed by atoms with Crippen molar-refractivity contribution in [2.24, 2.45) is 4.99 Å². The van der Waals surface area contributed by atoms with Crippen molar-refractivity contribution in [3.63, 3.8) is 0 Å². The zero-order valence-corrected chi connectivity index (χ0v) is 19.6. The summed E-state index contributed by atoms with van der Waals surface area (Å²) < 4.78 is 30.6. The molecule has 0 saturated carbocycles. The van der Waals surface area contributed by atoms with Gasteiger partial charge in [0.05, 0.1) is 12.9 Å².